The van der Waals surface area contributed by atoms with Crippen LogP contribution in [0, 0.1) is 0 Å². The third-order valence-corrected chi connectivity index (χ3v) is 1.47. The van der Waals surface area contributed by atoms with Crippen LogP contribution < -0.4 is 17.2 Å². The average Bonchev–Trinajstić information content (AvgIpc) is 2.06. The van der Waals surface area contributed by atoms with E-state index in [-0.39, 0.29) is 17.6 Å². The van der Waals surface area contributed by atoms with Gasteiger partial charge in [0.2, 0.25) is 5.95 Å². The maximum absolute atomic E-state index is 5.54. The van der Waals surface area contributed by atoms with E-state index in [2.05, 4.69) is 19.9 Å². The molecule has 7 nitrogen and oxygen atoms in total. The first-order valence-corrected chi connectivity index (χ1v) is 3.48. The highest BCUT2D eigenvalue weighted by Crippen LogP contribution is 2.14. The Bertz CT molecular complexity index is 466. The van der Waals surface area contributed by atoms with E-state index >= 15 is 0 Å². The molecule has 7 heteroatoms. The van der Waals surface area contributed by atoms with Crippen molar-refractivity contribution in [1.82, 2.24) is 19.9 Å². The van der Waals surface area contributed by atoms with Crippen molar-refractivity contribution in [2.45, 2.75) is 0 Å². The maximum Gasteiger partial charge on any atom is 0.224 e. The molecule has 66 valence electrons. The average molecular weight is 177 g/mol. The fourth-order valence-electron chi connectivity index (χ4n) is 0.960. The Labute approximate surface area is 73.0 Å². The molecular formula is C6H7N7. The first-order chi connectivity index (χ1) is 6.16. The summed E-state index contributed by atoms with van der Waals surface area (Å²) in [6, 6.07) is 0. The minimum atomic E-state index is 0.0732. The van der Waals surface area contributed by atoms with Crippen LogP contribution in [0.5, 0.6) is 0 Å². The SMILES string of the molecule is Nc1cnc2nc(N)nc(N)c2n1. The highest BCUT2D eigenvalue weighted by atomic mass is 15.1. The summed E-state index contributed by atoms with van der Waals surface area (Å²) in [6.45, 7) is 0. The molecule has 2 aromatic rings. The summed E-state index contributed by atoms with van der Waals surface area (Å²) in [5.41, 5.74) is 17.0. The van der Waals surface area contributed by atoms with Crippen LogP contribution in [0.1, 0.15) is 0 Å². The second-order valence-corrected chi connectivity index (χ2v) is 2.43. The van der Waals surface area contributed by atoms with Gasteiger partial charge in [0.1, 0.15) is 5.82 Å². The Morgan fingerprint density at radius 2 is 1.77 bits per heavy atom. The number of aromatic nitrogens is 4. The summed E-state index contributed by atoms with van der Waals surface area (Å²) in [4.78, 5) is 15.4. The Kier molecular flexibility index (Phi) is 1.38. The number of anilines is 3. The molecule has 0 aliphatic carbocycles. The van der Waals surface area contributed by atoms with Crippen molar-refractivity contribution < 1.29 is 0 Å². The van der Waals surface area contributed by atoms with Gasteiger partial charge in [-0.15, -0.1) is 0 Å². The van der Waals surface area contributed by atoms with E-state index < -0.39 is 0 Å². The molecule has 0 amide bonds. The van der Waals surface area contributed by atoms with Gasteiger partial charge in [0.15, 0.2) is 17.0 Å². The van der Waals surface area contributed by atoms with Gasteiger partial charge in [-0.25, -0.2) is 9.97 Å². The summed E-state index contributed by atoms with van der Waals surface area (Å²) in [7, 11) is 0. The standard InChI is InChI=1S/C6H7N7/c7-2-1-10-5-3(11-2)4(8)12-6(9)13-5/h1H,(H2,7,11)(H4,8,9,10,12,13). The second kappa shape index (κ2) is 2.41. The zero-order valence-electron chi connectivity index (χ0n) is 6.60. The molecule has 0 atom stereocenters. The number of nitrogen functional groups attached to an aromatic ring is 3. The van der Waals surface area contributed by atoms with Crippen LogP contribution in [0.25, 0.3) is 11.2 Å². The molecular weight excluding hydrogens is 170 g/mol. The van der Waals surface area contributed by atoms with Gasteiger partial charge in [-0.3, -0.25) is 0 Å². The fourth-order valence-corrected chi connectivity index (χ4v) is 0.960. The first-order valence-electron chi connectivity index (χ1n) is 3.48. The summed E-state index contributed by atoms with van der Waals surface area (Å²) in [6.07, 6.45) is 1.38. The number of nitrogens with two attached hydrogens (primary N) is 3. The molecule has 2 heterocycles. The molecule has 0 aliphatic rings. The van der Waals surface area contributed by atoms with Crippen molar-refractivity contribution in [2.75, 3.05) is 17.2 Å². The van der Waals surface area contributed by atoms with E-state index in [4.69, 9.17) is 17.2 Å². The number of fused-ring (bicyclic) bond motifs is 1. The Hall–Kier alpha value is -2.18. The van der Waals surface area contributed by atoms with Crippen LogP contribution in [-0.4, -0.2) is 19.9 Å². The minimum absolute atomic E-state index is 0.0732. The van der Waals surface area contributed by atoms with Crippen molar-refractivity contribution in [3.8, 4) is 0 Å². The topological polar surface area (TPSA) is 130 Å². The minimum Gasteiger partial charge on any atom is -0.382 e. The molecule has 0 unspecified atom stereocenters. The lowest BCUT2D eigenvalue weighted by Crippen LogP contribution is -2.04. The lowest BCUT2D eigenvalue weighted by atomic mass is 10.4. The van der Waals surface area contributed by atoms with Gasteiger partial charge in [0.05, 0.1) is 6.20 Å². The molecule has 0 aliphatic heterocycles. The fraction of sp³-hybridized carbons (Fsp3) is 0. The van der Waals surface area contributed by atoms with Crippen molar-refractivity contribution in [3.63, 3.8) is 0 Å². The van der Waals surface area contributed by atoms with Crippen molar-refractivity contribution in [1.29, 1.82) is 0 Å². The van der Waals surface area contributed by atoms with Gasteiger partial charge >= 0.3 is 0 Å². The molecule has 0 saturated heterocycles. The van der Waals surface area contributed by atoms with E-state index in [1.54, 1.807) is 0 Å². The molecule has 0 radical (unpaired) electrons. The van der Waals surface area contributed by atoms with E-state index in [0.717, 1.165) is 0 Å². The Morgan fingerprint density at radius 3 is 2.54 bits per heavy atom. The van der Waals surface area contributed by atoms with Gasteiger partial charge in [0.25, 0.3) is 0 Å². The van der Waals surface area contributed by atoms with Gasteiger partial charge in [-0.05, 0) is 0 Å². The Morgan fingerprint density at radius 1 is 1.00 bits per heavy atom. The quantitative estimate of drug-likeness (QED) is 0.478. The second-order valence-electron chi connectivity index (χ2n) is 2.43. The third-order valence-electron chi connectivity index (χ3n) is 1.47. The lowest BCUT2D eigenvalue weighted by Gasteiger charge is -2.00. The summed E-state index contributed by atoms with van der Waals surface area (Å²) in [5.74, 6) is 0.527. The van der Waals surface area contributed by atoms with Gasteiger partial charge in [-0.1, -0.05) is 0 Å². The number of hydrogen-bond donors (Lipinski definition) is 3. The van der Waals surface area contributed by atoms with Crippen molar-refractivity contribution >= 4 is 28.7 Å². The zero-order valence-corrected chi connectivity index (χ0v) is 6.60. The zero-order chi connectivity index (χ0) is 9.42. The van der Waals surface area contributed by atoms with Crippen LogP contribution >= 0.6 is 0 Å². The number of rotatable bonds is 0. The highest BCUT2D eigenvalue weighted by molar-refractivity contribution is 5.82. The predicted molar refractivity (Wildman–Crippen MR) is 48.4 cm³/mol. The molecule has 13 heavy (non-hydrogen) atoms. The molecule has 0 saturated carbocycles. The molecule has 0 bridgehead atoms. The van der Waals surface area contributed by atoms with Gasteiger partial charge in [0, 0.05) is 0 Å². The maximum atomic E-state index is 5.54. The highest BCUT2D eigenvalue weighted by Gasteiger charge is 2.05. The van der Waals surface area contributed by atoms with Gasteiger partial charge in [-0.2, -0.15) is 9.97 Å². The number of nitrogens with zero attached hydrogens (tertiary/aromatic N) is 4. The van der Waals surface area contributed by atoms with Crippen LogP contribution in [0.15, 0.2) is 6.20 Å². The molecule has 2 aromatic heterocycles. The van der Waals surface area contributed by atoms with Crippen LogP contribution in [-0.2, 0) is 0 Å². The normalized spacial score (nSPS) is 10.5. The van der Waals surface area contributed by atoms with E-state index in [0.29, 0.717) is 11.2 Å². The first kappa shape index (κ1) is 7.47. The van der Waals surface area contributed by atoms with Crippen LogP contribution in [0.3, 0.4) is 0 Å². The molecule has 2 rings (SSSR count). The molecule has 0 fully saturated rings. The molecule has 0 aromatic carbocycles. The monoisotopic (exact) mass is 177 g/mol. The third kappa shape index (κ3) is 1.15. The van der Waals surface area contributed by atoms with Crippen molar-refractivity contribution in [3.05, 3.63) is 6.20 Å². The largest absolute Gasteiger partial charge is 0.382 e. The predicted octanol–water partition coefficient (Wildman–Crippen LogP) is -0.834. The Balaban J connectivity index is 2.87. The van der Waals surface area contributed by atoms with Crippen LogP contribution in [0.2, 0.25) is 0 Å². The molecule has 0 spiro atoms. The smallest absolute Gasteiger partial charge is 0.224 e. The van der Waals surface area contributed by atoms with Crippen LogP contribution in [0.4, 0.5) is 17.6 Å². The summed E-state index contributed by atoms with van der Waals surface area (Å²) in [5, 5.41) is 0. The van der Waals surface area contributed by atoms with Gasteiger partial charge < -0.3 is 17.2 Å². The van der Waals surface area contributed by atoms with E-state index in [1.165, 1.54) is 6.20 Å². The van der Waals surface area contributed by atoms with Crippen molar-refractivity contribution in [2.24, 2.45) is 0 Å². The number of hydrogen-bond acceptors (Lipinski definition) is 7. The van der Waals surface area contributed by atoms with E-state index in [9.17, 15) is 0 Å². The van der Waals surface area contributed by atoms with E-state index in [1.807, 2.05) is 0 Å². The molecule has 6 N–H and O–H groups in total. The summed E-state index contributed by atoms with van der Waals surface area (Å²) >= 11 is 0. The summed E-state index contributed by atoms with van der Waals surface area (Å²) < 4.78 is 0. The lowest BCUT2D eigenvalue weighted by molar-refractivity contribution is 1.17.